The van der Waals surface area contributed by atoms with Gasteiger partial charge in [-0.15, -0.1) is 0 Å². The molecule has 5 nitrogen and oxygen atoms in total. The first-order valence-corrected chi connectivity index (χ1v) is 7.34. The number of anilines is 1. The minimum absolute atomic E-state index is 0.155. The van der Waals surface area contributed by atoms with Gasteiger partial charge in [-0.05, 0) is 43.3 Å². The van der Waals surface area contributed by atoms with Crippen LogP contribution in [0.3, 0.4) is 0 Å². The number of methoxy groups -OCH3 is 1. The number of aryl methyl sites for hydroxylation is 1. The summed E-state index contributed by atoms with van der Waals surface area (Å²) in [5.41, 5.74) is 2.56. The fraction of sp³-hybridized carbons (Fsp3) is 0.111. The Labute approximate surface area is 138 Å². The third kappa shape index (κ3) is 3.27. The molecule has 3 rings (SSSR count). The molecule has 24 heavy (non-hydrogen) atoms. The van der Waals surface area contributed by atoms with E-state index in [0.717, 1.165) is 5.56 Å². The zero-order chi connectivity index (χ0) is 17.1. The highest BCUT2D eigenvalue weighted by Gasteiger charge is 2.18. The zero-order valence-electron chi connectivity index (χ0n) is 13.3. The molecule has 1 aromatic heterocycles. The highest BCUT2D eigenvalue weighted by atomic mass is 19.1. The second kappa shape index (κ2) is 6.54. The Hall–Kier alpha value is -3.15. The van der Waals surface area contributed by atoms with Crippen LogP contribution in [0.15, 0.2) is 54.7 Å². The van der Waals surface area contributed by atoms with Crippen LogP contribution in [0, 0.1) is 12.7 Å². The van der Waals surface area contributed by atoms with Gasteiger partial charge < -0.3 is 10.1 Å². The summed E-state index contributed by atoms with van der Waals surface area (Å²) in [6, 6.07) is 13.2. The molecule has 1 N–H and O–H groups in total. The van der Waals surface area contributed by atoms with Crippen LogP contribution in [-0.4, -0.2) is 22.8 Å². The molecule has 0 saturated heterocycles. The van der Waals surface area contributed by atoms with Gasteiger partial charge in [0.1, 0.15) is 5.82 Å². The lowest BCUT2D eigenvalue weighted by Crippen LogP contribution is -2.14. The Morgan fingerprint density at radius 2 is 1.79 bits per heavy atom. The lowest BCUT2D eigenvalue weighted by Gasteiger charge is -2.04. The number of carbonyl (C=O) groups is 1. The van der Waals surface area contributed by atoms with E-state index in [0.29, 0.717) is 17.1 Å². The quantitative estimate of drug-likeness (QED) is 0.797. The number of amides is 1. The molecule has 2 aromatic carbocycles. The second-order valence-corrected chi connectivity index (χ2v) is 5.29. The number of carbonyl (C=O) groups excluding carboxylic acids is 1. The lowest BCUT2D eigenvalue weighted by atomic mass is 10.2. The van der Waals surface area contributed by atoms with Gasteiger partial charge in [0.2, 0.25) is 0 Å². The Bertz CT molecular complexity index is 855. The number of nitrogens with zero attached hydrogens (tertiary/aromatic N) is 2. The Balaban J connectivity index is 1.88. The largest absolute Gasteiger partial charge is 0.493 e. The van der Waals surface area contributed by atoms with Gasteiger partial charge >= 0.3 is 0 Å². The highest BCUT2D eigenvalue weighted by Crippen LogP contribution is 2.21. The number of hydrogen-bond acceptors (Lipinski definition) is 3. The molecule has 0 fully saturated rings. The molecular weight excluding hydrogens is 309 g/mol. The summed E-state index contributed by atoms with van der Waals surface area (Å²) in [6.07, 6.45) is 1.58. The molecule has 0 aliphatic rings. The van der Waals surface area contributed by atoms with Crippen molar-refractivity contribution in [3.05, 3.63) is 71.8 Å². The van der Waals surface area contributed by atoms with Crippen LogP contribution in [-0.2, 0) is 0 Å². The molecule has 1 amide bonds. The maximum atomic E-state index is 13.0. The third-order valence-corrected chi connectivity index (χ3v) is 3.52. The fourth-order valence-corrected chi connectivity index (χ4v) is 2.22. The van der Waals surface area contributed by atoms with Crippen molar-refractivity contribution >= 4 is 11.6 Å². The summed E-state index contributed by atoms with van der Waals surface area (Å²) < 4.78 is 19.7. The maximum Gasteiger partial charge on any atom is 0.280 e. The number of aromatic nitrogens is 2. The molecule has 0 bridgehead atoms. The highest BCUT2D eigenvalue weighted by molar-refractivity contribution is 6.04. The summed E-state index contributed by atoms with van der Waals surface area (Å²) in [5.74, 6) is -0.379. The smallest absolute Gasteiger partial charge is 0.280 e. The molecule has 6 heteroatoms. The van der Waals surface area contributed by atoms with Gasteiger partial charge in [0.05, 0.1) is 19.0 Å². The Morgan fingerprint density at radius 1 is 1.12 bits per heavy atom. The Morgan fingerprint density at radius 3 is 2.42 bits per heavy atom. The summed E-state index contributed by atoms with van der Waals surface area (Å²) >= 11 is 0. The van der Waals surface area contributed by atoms with Crippen molar-refractivity contribution in [2.75, 3.05) is 12.4 Å². The second-order valence-electron chi connectivity index (χ2n) is 5.29. The molecule has 0 radical (unpaired) electrons. The van der Waals surface area contributed by atoms with Crippen molar-refractivity contribution in [2.45, 2.75) is 6.92 Å². The average molecular weight is 325 g/mol. The molecular formula is C18H16FN3O2. The maximum absolute atomic E-state index is 13.0. The van der Waals surface area contributed by atoms with Gasteiger partial charge in [-0.25, -0.2) is 9.07 Å². The van der Waals surface area contributed by atoms with Gasteiger partial charge in [0.15, 0.2) is 11.4 Å². The zero-order valence-corrected chi connectivity index (χ0v) is 13.3. The topological polar surface area (TPSA) is 56.2 Å². The predicted octanol–water partition coefficient (Wildman–Crippen LogP) is 3.58. The monoisotopic (exact) mass is 325 g/mol. The van der Waals surface area contributed by atoms with Crippen molar-refractivity contribution in [3.8, 4) is 11.4 Å². The first kappa shape index (κ1) is 15.7. The molecule has 0 unspecified atom stereocenters. The number of halogens is 1. The number of ether oxygens (including phenoxy) is 1. The number of benzene rings is 2. The van der Waals surface area contributed by atoms with E-state index in [2.05, 4.69) is 10.4 Å². The van der Waals surface area contributed by atoms with Gasteiger partial charge in [-0.3, -0.25) is 4.79 Å². The summed E-state index contributed by atoms with van der Waals surface area (Å²) in [4.78, 5) is 12.5. The molecule has 0 aliphatic carbocycles. The number of nitrogens with one attached hydrogen (secondary N) is 1. The molecule has 0 aliphatic heterocycles. The van der Waals surface area contributed by atoms with Crippen LogP contribution in [0.4, 0.5) is 10.1 Å². The van der Waals surface area contributed by atoms with Crippen molar-refractivity contribution < 1.29 is 13.9 Å². The minimum Gasteiger partial charge on any atom is -0.493 e. The van der Waals surface area contributed by atoms with Crippen LogP contribution >= 0.6 is 0 Å². The van der Waals surface area contributed by atoms with E-state index in [1.165, 1.54) is 23.9 Å². The van der Waals surface area contributed by atoms with Crippen molar-refractivity contribution in [1.29, 1.82) is 0 Å². The molecule has 1 heterocycles. The molecule has 0 spiro atoms. The van der Waals surface area contributed by atoms with E-state index in [1.807, 2.05) is 31.2 Å². The summed E-state index contributed by atoms with van der Waals surface area (Å²) in [6.45, 7) is 1.97. The van der Waals surface area contributed by atoms with E-state index in [4.69, 9.17) is 4.74 Å². The average Bonchev–Trinajstić information content (AvgIpc) is 3.02. The van der Waals surface area contributed by atoms with Crippen molar-refractivity contribution in [1.82, 2.24) is 9.78 Å². The van der Waals surface area contributed by atoms with Crippen LogP contribution in [0.5, 0.6) is 5.75 Å². The van der Waals surface area contributed by atoms with E-state index in [-0.39, 0.29) is 17.4 Å². The molecule has 3 aromatic rings. The normalized spacial score (nSPS) is 10.5. The van der Waals surface area contributed by atoms with E-state index in [1.54, 1.807) is 18.3 Å². The van der Waals surface area contributed by atoms with E-state index in [9.17, 15) is 9.18 Å². The Kier molecular flexibility index (Phi) is 4.29. The summed E-state index contributed by atoms with van der Waals surface area (Å²) in [5, 5.41) is 7.03. The standard InChI is InChI=1S/C18H16FN3O2/c1-12-3-7-14(8-4-12)20-18(23)17-16(24-2)11-22(21-17)15-9-5-13(19)6-10-15/h3-11H,1-2H3,(H,20,23). The van der Waals surface area contributed by atoms with Crippen LogP contribution in [0.2, 0.25) is 0 Å². The van der Waals surface area contributed by atoms with Gasteiger partial charge in [-0.2, -0.15) is 5.10 Å². The van der Waals surface area contributed by atoms with Crippen molar-refractivity contribution in [2.24, 2.45) is 0 Å². The third-order valence-electron chi connectivity index (χ3n) is 3.52. The van der Waals surface area contributed by atoms with Crippen LogP contribution in [0.25, 0.3) is 5.69 Å². The van der Waals surface area contributed by atoms with E-state index < -0.39 is 0 Å². The minimum atomic E-state index is -0.378. The molecule has 122 valence electrons. The van der Waals surface area contributed by atoms with Crippen LogP contribution < -0.4 is 10.1 Å². The SMILES string of the molecule is COc1cn(-c2ccc(F)cc2)nc1C(=O)Nc1ccc(C)cc1. The van der Waals surface area contributed by atoms with E-state index >= 15 is 0 Å². The predicted molar refractivity (Wildman–Crippen MR) is 89.2 cm³/mol. The van der Waals surface area contributed by atoms with Gasteiger partial charge in [0, 0.05) is 5.69 Å². The number of hydrogen-bond donors (Lipinski definition) is 1. The van der Waals surface area contributed by atoms with Gasteiger partial charge in [-0.1, -0.05) is 17.7 Å². The number of rotatable bonds is 4. The fourth-order valence-electron chi connectivity index (χ4n) is 2.22. The first-order chi connectivity index (χ1) is 11.6. The van der Waals surface area contributed by atoms with Crippen LogP contribution in [0.1, 0.15) is 16.1 Å². The molecule has 0 saturated carbocycles. The van der Waals surface area contributed by atoms with Crippen molar-refractivity contribution in [3.63, 3.8) is 0 Å². The van der Waals surface area contributed by atoms with Gasteiger partial charge in [0.25, 0.3) is 5.91 Å². The summed E-state index contributed by atoms with van der Waals surface area (Å²) in [7, 11) is 1.47. The lowest BCUT2D eigenvalue weighted by molar-refractivity contribution is 0.101. The first-order valence-electron chi connectivity index (χ1n) is 7.34. The molecule has 0 atom stereocenters.